The number of phenolic OH excluding ortho intramolecular Hbond substituents is 1. The Morgan fingerprint density at radius 2 is 2.22 bits per heavy atom. The van der Waals surface area contributed by atoms with E-state index in [0.29, 0.717) is 12.4 Å². The lowest BCUT2D eigenvalue weighted by Gasteiger charge is -2.09. The maximum absolute atomic E-state index is 9.60. The van der Waals surface area contributed by atoms with Crippen molar-refractivity contribution in [1.29, 1.82) is 0 Å². The molecule has 0 spiro atoms. The van der Waals surface area contributed by atoms with Crippen molar-refractivity contribution in [2.75, 3.05) is 13.2 Å². The first-order chi connectivity index (χ1) is 8.79. The van der Waals surface area contributed by atoms with Gasteiger partial charge in [0.05, 0.1) is 6.61 Å². The van der Waals surface area contributed by atoms with E-state index in [1.807, 2.05) is 19.1 Å². The highest BCUT2D eigenvalue weighted by molar-refractivity contribution is 5.41. The minimum absolute atomic E-state index is 0.217. The van der Waals surface area contributed by atoms with Crippen molar-refractivity contribution in [2.45, 2.75) is 39.2 Å². The van der Waals surface area contributed by atoms with Crippen LogP contribution in [0.15, 0.2) is 18.2 Å². The average molecular weight is 249 g/mol. The van der Waals surface area contributed by atoms with Crippen molar-refractivity contribution in [2.24, 2.45) is 5.92 Å². The zero-order valence-corrected chi connectivity index (χ0v) is 11.1. The van der Waals surface area contributed by atoms with E-state index in [1.165, 1.54) is 25.7 Å². The van der Waals surface area contributed by atoms with E-state index in [4.69, 9.17) is 4.74 Å². The summed E-state index contributed by atoms with van der Waals surface area (Å²) in [5.74, 6) is 1.81. The first-order valence-electron chi connectivity index (χ1n) is 6.95. The molecule has 2 rings (SSSR count). The summed E-state index contributed by atoms with van der Waals surface area (Å²) in [4.78, 5) is 0. The van der Waals surface area contributed by atoms with Crippen LogP contribution in [-0.2, 0) is 6.54 Å². The lowest BCUT2D eigenvalue weighted by molar-refractivity contribution is 0.317. The largest absolute Gasteiger partial charge is 0.504 e. The molecule has 0 unspecified atom stereocenters. The SMILES string of the molecule is CCOc1cc(CNCCCC2CC2)ccc1O. The van der Waals surface area contributed by atoms with Crippen LogP contribution < -0.4 is 10.1 Å². The number of ether oxygens (including phenoxy) is 1. The lowest BCUT2D eigenvalue weighted by Crippen LogP contribution is -2.14. The molecule has 0 amide bonds. The van der Waals surface area contributed by atoms with Gasteiger partial charge in [0.1, 0.15) is 0 Å². The average Bonchev–Trinajstić information content (AvgIpc) is 3.17. The van der Waals surface area contributed by atoms with Crippen molar-refractivity contribution in [1.82, 2.24) is 5.32 Å². The van der Waals surface area contributed by atoms with Gasteiger partial charge in [0.25, 0.3) is 0 Å². The van der Waals surface area contributed by atoms with Crippen LogP contribution in [0.4, 0.5) is 0 Å². The molecule has 1 fully saturated rings. The second-order valence-corrected chi connectivity index (χ2v) is 5.00. The molecule has 3 heteroatoms. The third-order valence-electron chi connectivity index (χ3n) is 3.32. The fraction of sp³-hybridized carbons (Fsp3) is 0.600. The van der Waals surface area contributed by atoms with E-state index in [-0.39, 0.29) is 5.75 Å². The molecule has 1 aromatic rings. The normalized spacial score (nSPS) is 14.7. The Morgan fingerprint density at radius 1 is 1.39 bits per heavy atom. The topological polar surface area (TPSA) is 41.5 Å². The van der Waals surface area contributed by atoms with E-state index < -0.39 is 0 Å². The monoisotopic (exact) mass is 249 g/mol. The van der Waals surface area contributed by atoms with Gasteiger partial charge in [-0.2, -0.15) is 0 Å². The van der Waals surface area contributed by atoms with Crippen molar-refractivity contribution < 1.29 is 9.84 Å². The van der Waals surface area contributed by atoms with Crippen LogP contribution in [0.25, 0.3) is 0 Å². The molecule has 0 atom stereocenters. The summed E-state index contributed by atoms with van der Waals surface area (Å²) in [5, 5.41) is 13.0. The van der Waals surface area contributed by atoms with Gasteiger partial charge in [0.15, 0.2) is 11.5 Å². The fourth-order valence-corrected chi connectivity index (χ4v) is 2.09. The van der Waals surface area contributed by atoms with Gasteiger partial charge < -0.3 is 15.2 Å². The van der Waals surface area contributed by atoms with Crippen LogP contribution >= 0.6 is 0 Å². The molecule has 1 aliphatic rings. The maximum Gasteiger partial charge on any atom is 0.161 e. The summed E-state index contributed by atoms with van der Waals surface area (Å²) in [6.45, 7) is 4.40. The van der Waals surface area contributed by atoms with E-state index in [9.17, 15) is 5.11 Å². The predicted octanol–water partition coefficient (Wildman–Crippen LogP) is 3.07. The zero-order chi connectivity index (χ0) is 12.8. The van der Waals surface area contributed by atoms with Gasteiger partial charge in [-0.3, -0.25) is 0 Å². The molecule has 0 aromatic heterocycles. The highest BCUT2D eigenvalue weighted by Gasteiger charge is 2.19. The molecule has 2 N–H and O–H groups in total. The summed E-state index contributed by atoms with van der Waals surface area (Å²) < 4.78 is 5.37. The zero-order valence-electron chi connectivity index (χ0n) is 11.1. The van der Waals surface area contributed by atoms with E-state index in [2.05, 4.69) is 5.32 Å². The highest BCUT2D eigenvalue weighted by atomic mass is 16.5. The molecule has 1 aromatic carbocycles. The number of aromatic hydroxyl groups is 1. The quantitative estimate of drug-likeness (QED) is 0.696. The molecular formula is C15H23NO2. The summed E-state index contributed by atoms with van der Waals surface area (Å²) in [5.41, 5.74) is 1.16. The Balaban J connectivity index is 1.71. The predicted molar refractivity (Wildman–Crippen MR) is 72.9 cm³/mol. The van der Waals surface area contributed by atoms with Crippen molar-refractivity contribution in [3.63, 3.8) is 0 Å². The van der Waals surface area contributed by atoms with Gasteiger partial charge in [-0.25, -0.2) is 0 Å². The standard InChI is InChI=1S/C15H23NO2/c1-2-18-15-10-13(7-8-14(15)17)11-16-9-3-4-12-5-6-12/h7-8,10,12,16-17H,2-6,9,11H2,1H3. The second kappa shape index (κ2) is 6.64. The van der Waals surface area contributed by atoms with Crippen LogP contribution in [0.1, 0.15) is 38.2 Å². The maximum atomic E-state index is 9.60. The summed E-state index contributed by atoms with van der Waals surface area (Å²) >= 11 is 0. The molecule has 18 heavy (non-hydrogen) atoms. The number of benzene rings is 1. The molecule has 3 nitrogen and oxygen atoms in total. The number of nitrogens with one attached hydrogen (secondary N) is 1. The highest BCUT2D eigenvalue weighted by Crippen LogP contribution is 2.33. The van der Waals surface area contributed by atoms with E-state index in [1.54, 1.807) is 6.07 Å². The lowest BCUT2D eigenvalue weighted by atomic mass is 10.2. The Morgan fingerprint density at radius 3 is 2.94 bits per heavy atom. The molecule has 0 saturated heterocycles. The first-order valence-corrected chi connectivity index (χ1v) is 6.95. The minimum atomic E-state index is 0.217. The smallest absolute Gasteiger partial charge is 0.161 e. The van der Waals surface area contributed by atoms with Crippen molar-refractivity contribution in [3.05, 3.63) is 23.8 Å². The van der Waals surface area contributed by atoms with Crippen molar-refractivity contribution in [3.8, 4) is 11.5 Å². The third kappa shape index (κ3) is 4.22. The number of rotatable bonds is 8. The fourth-order valence-electron chi connectivity index (χ4n) is 2.09. The number of hydrogen-bond donors (Lipinski definition) is 2. The van der Waals surface area contributed by atoms with Gasteiger partial charge in [-0.15, -0.1) is 0 Å². The van der Waals surface area contributed by atoms with Gasteiger partial charge in [0.2, 0.25) is 0 Å². The molecule has 0 bridgehead atoms. The van der Waals surface area contributed by atoms with Gasteiger partial charge >= 0.3 is 0 Å². The van der Waals surface area contributed by atoms with Crippen LogP contribution in [-0.4, -0.2) is 18.3 Å². The first kappa shape index (κ1) is 13.2. The summed E-state index contributed by atoms with van der Waals surface area (Å²) in [7, 11) is 0. The molecular weight excluding hydrogens is 226 g/mol. The van der Waals surface area contributed by atoms with E-state index in [0.717, 1.165) is 24.6 Å². The summed E-state index contributed by atoms with van der Waals surface area (Å²) in [6, 6.07) is 5.55. The van der Waals surface area contributed by atoms with Gasteiger partial charge in [0, 0.05) is 6.54 Å². The van der Waals surface area contributed by atoms with E-state index >= 15 is 0 Å². The molecule has 0 aliphatic heterocycles. The number of phenols is 1. The van der Waals surface area contributed by atoms with Crippen LogP contribution in [0.3, 0.4) is 0 Å². The van der Waals surface area contributed by atoms with Crippen LogP contribution in [0.5, 0.6) is 11.5 Å². The van der Waals surface area contributed by atoms with Crippen LogP contribution in [0.2, 0.25) is 0 Å². The number of hydrogen-bond acceptors (Lipinski definition) is 3. The Kier molecular flexibility index (Phi) is 4.88. The summed E-state index contributed by atoms with van der Waals surface area (Å²) in [6.07, 6.45) is 5.51. The minimum Gasteiger partial charge on any atom is -0.504 e. The molecule has 0 heterocycles. The molecule has 100 valence electrons. The Bertz CT molecular complexity index is 375. The van der Waals surface area contributed by atoms with Crippen molar-refractivity contribution >= 4 is 0 Å². The van der Waals surface area contributed by atoms with Crippen LogP contribution in [0, 0.1) is 5.92 Å². The molecule has 1 saturated carbocycles. The Labute approximate surface area is 109 Å². The third-order valence-corrected chi connectivity index (χ3v) is 3.32. The molecule has 1 aliphatic carbocycles. The Hall–Kier alpha value is -1.22. The van der Waals surface area contributed by atoms with Gasteiger partial charge in [-0.05, 0) is 49.9 Å². The molecule has 0 radical (unpaired) electrons. The second-order valence-electron chi connectivity index (χ2n) is 5.00. The van der Waals surface area contributed by atoms with Gasteiger partial charge in [-0.1, -0.05) is 18.9 Å².